The van der Waals surface area contributed by atoms with Crippen molar-refractivity contribution in [3.05, 3.63) is 83.9 Å². The highest BCUT2D eigenvalue weighted by molar-refractivity contribution is 7.86. The molecule has 0 amide bonds. The van der Waals surface area contributed by atoms with Gasteiger partial charge in [-0.15, -0.1) is 0 Å². The van der Waals surface area contributed by atoms with Crippen LogP contribution in [-0.2, 0) is 10.1 Å². The summed E-state index contributed by atoms with van der Waals surface area (Å²) >= 11 is 0. The third kappa shape index (κ3) is 3.57. The van der Waals surface area contributed by atoms with E-state index in [1.807, 2.05) is 43.3 Å². The van der Waals surface area contributed by atoms with Gasteiger partial charge in [-0.05, 0) is 28.8 Å². The summed E-state index contributed by atoms with van der Waals surface area (Å²) in [5, 5.41) is 10.4. The zero-order valence-electron chi connectivity index (χ0n) is 13.6. The van der Waals surface area contributed by atoms with Gasteiger partial charge >= 0.3 is 0 Å². The maximum Gasteiger partial charge on any atom is 0.298 e. The van der Waals surface area contributed by atoms with Crippen molar-refractivity contribution in [3.8, 4) is 16.9 Å². The molecule has 5 heteroatoms. The summed E-state index contributed by atoms with van der Waals surface area (Å²) in [6.07, 6.45) is 0. The van der Waals surface area contributed by atoms with Crippen molar-refractivity contribution in [1.29, 1.82) is 0 Å². The maximum atomic E-state index is 11.7. The average molecular weight is 354 g/mol. The Kier molecular flexibility index (Phi) is 4.61. The molecule has 0 spiro atoms. The fourth-order valence-electron chi connectivity index (χ4n) is 2.85. The molecule has 0 saturated heterocycles. The molecule has 0 radical (unpaired) electrons. The molecule has 0 aliphatic heterocycles. The second-order valence-corrected chi connectivity index (χ2v) is 7.28. The fourth-order valence-corrected chi connectivity index (χ4v) is 3.49. The van der Waals surface area contributed by atoms with Gasteiger partial charge in [-0.2, -0.15) is 8.42 Å². The average Bonchev–Trinajstić information content (AvgIpc) is 2.62. The van der Waals surface area contributed by atoms with Gasteiger partial charge < -0.3 is 5.11 Å². The van der Waals surface area contributed by atoms with Crippen molar-refractivity contribution in [2.24, 2.45) is 0 Å². The molecule has 0 aliphatic carbocycles. The summed E-state index contributed by atoms with van der Waals surface area (Å²) in [6, 6.07) is 21.7. The summed E-state index contributed by atoms with van der Waals surface area (Å²) in [5.74, 6) is -0.553. The lowest BCUT2D eigenvalue weighted by Gasteiger charge is -2.17. The van der Waals surface area contributed by atoms with Gasteiger partial charge in [-0.1, -0.05) is 67.6 Å². The van der Waals surface area contributed by atoms with Crippen molar-refractivity contribution in [1.82, 2.24) is 0 Å². The number of aromatic hydroxyl groups is 1. The summed E-state index contributed by atoms with van der Waals surface area (Å²) < 4.78 is 33.0. The van der Waals surface area contributed by atoms with Gasteiger partial charge in [-0.25, -0.2) is 0 Å². The predicted octanol–water partition coefficient (Wildman–Crippen LogP) is 4.46. The Bertz CT molecular complexity index is 981. The van der Waals surface area contributed by atoms with E-state index >= 15 is 0 Å². The van der Waals surface area contributed by atoms with Gasteiger partial charge in [0.05, 0.1) is 0 Å². The minimum Gasteiger partial charge on any atom is -0.506 e. The lowest BCUT2D eigenvalue weighted by Crippen LogP contribution is -2.04. The van der Waals surface area contributed by atoms with E-state index < -0.39 is 20.8 Å². The van der Waals surface area contributed by atoms with Crippen LogP contribution >= 0.6 is 0 Å². The first-order valence-electron chi connectivity index (χ1n) is 7.82. The van der Waals surface area contributed by atoms with Gasteiger partial charge in [0, 0.05) is 11.5 Å². The van der Waals surface area contributed by atoms with Crippen LogP contribution in [0.5, 0.6) is 5.75 Å². The maximum absolute atomic E-state index is 11.7. The standard InChI is InChI=1S/C20H18O4S/c1-14(15-8-4-2-5-9-15)17-12-18(16-10-6-3-7-11-16)20(21)19(13-17)25(22,23)24/h2-14,21H,1H3,(H,22,23,24). The van der Waals surface area contributed by atoms with Gasteiger partial charge in [0.25, 0.3) is 10.1 Å². The molecule has 0 saturated carbocycles. The molecule has 0 heterocycles. The van der Waals surface area contributed by atoms with Gasteiger partial charge in [0.1, 0.15) is 10.6 Å². The molecule has 1 atom stereocenters. The van der Waals surface area contributed by atoms with E-state index in [-0.39, 0.29) is 5.92 Å². The van der Waals surface area contributed by atoms with Crippen LogP contribution < -0.4 is 0 Å². The minimum atomic E-state index is -4.55. The van der Waals surface area contributed by atoms with Gasteiger partial charge in [0.2, 0.25) is 0 Å². The number of benzene rings is 3. The lowest BCUT2D eigenvalue weighted by molar-refractivity contribution is 0.444. The number of rotatable bonds is 4. The highest BCUT2D eigenvalue weighted by Crippen LogP contribution is 2.39. The summed E-state index contributed by atoms with van der Waals surface area (Å²) in [7, 11) is -4.55. The Hall–Kier alpha value is -2.63. The molecule has 0 fully saturated rings. The summed E-state index contributed by atoms with van der Waals surface area (Å²) in [4.78, 5) is -0.480. The third-order valence-corrected chi connectivity index (χ3v) is 5.13. The van der Waals surface area contributed by atoms with Crippen LogP contribution in [0.3, 0.4) is 0 Å². The molecule has 3 aromatic carbocycles. The van der Waals surface area contributed by atoms with Crippen LogP contribution in [0.25, 0.3) is 11.1 Å². The zero-order chi connectivity index (χ0) is 18.0. The number of phenolic OH excluding ortho intramolecular Hbond substituents is 1. The quantitative estimate of drug-likeness (QED) is 0.679. The molecule has 3 aromatic rings. The van der Waals surface area contributed by atoms with Crippen LogP contribution in [-0.4, -0.2) is 18.1 Å². The zero-order valence-corrected chi connectivity index (χ0v) is 14.4. The molecule has 128 valence electrons. The summed E-state index contributed by atoms with van der Waals surface area (Å²) in [6.45, 7) is 1.95. The van der Waals surface area contributed by atoms with E-state index in [4.69, 9.17) is 0 Å². The normalized spacial score (nSPS) is 12.7. The number of hydrogen-bond acceptors (Lipinski definition) is 3. The second-order valence-electron chi connectivity index (χ2n) is 5.89. The molecule has 25 heavy (non-hydrogen) atoms. The van der Waals surface area contributed by atoms with E-state index in [1.165, 1.54) is 6.07 Å². The minimum absolute atomic E-state index is 0.107. The Morgan fingerprint density at radius 3 is 1.96 bits per heavy atom. The first-order valence-corrected chi connectivity index (χ1v) is 9.26. The van der Waals surface area contributed by atoms with Crippen molar-refractivity contribution < 1.29 is 18.1 Å². The lowest BCUT2D eigenvalue weighted by atomic mass is 9.90. The molecular formula is C20H18O4S. The Morgan fingerprint density at radius 2 is 1.40 bits per heavy atom. The largest absolute Gasteiger partial charge is 0.506 e. The Labute approximate surface area is 147 Å². The third-order valence-electron chi connectivity index (χ3n) is 4.26. The smallest absolute Gasteiger partial charge is 0.298 e. The second kappa shape index (κ2) is 6.70. The van der Waals surface area contributed by atoms with E-state index in [1.54, 1.807) is 30.3 Å². The monoisotopic (exact) mass is 354 g/mol. The molecule has 0 bridgehead atoms. The number of phenols is 1. The van der Waals surface area contributed by atoms with Crippen molar-refractivity contribution in [2.45, 2.75) is 17.7 Å². The Morgan fingerprint density at radius 1 is 0.840 bits per heavy atom. The van der Waals surface area contributed by atoms with Crippen molar-refractivity contribution in [3.63, 3.8) is 0 Å². The molecule has 3 rings (SSSR count). The SMILES string of the molecule is CC(c1ccccc1)c1cc(-c2ccccc2)c(O)c(S(=O)(=O)O)c1. The van der Waals surface area contributed by atoms with E-state index in [0.717, 1.165) is 5.56 Å². The molecule has 0 aromatic heterocycles. The van der Waals surface area contributed by atoms with E-state index in [2.05, 4.69) is 0 Å². The summed E-state index contributed by atoms with van der Waals surface area (Å²) in [5.41, 5.74) is 2.74. The predicted molar refractivity (Wildman–Crippen MR) is 97.3 cm³/mol. The highest BCUT2D eigenvalue weighted by atomic mass is 32.2. The van der Waals surface area contributed by atoms with E-state index in [9.17, 15) is 18.1 Å². The van der Waals surface area contributed by atoms with Crippen LogP contribution in [0.1, 0.15) is 24.0 Å². The fraction of sp³-hybridized carbons (Fsp3) is 0.100. The van der Waals surface area contributed by atoms with E-state index in [0.29, 0.717) is 16.7 Å². The molecular weight excluding hydrogens is 336 g/mol. The van der Waals surface area contributed by atoms with Crippen molar-refractivity contribution >= 4 is 10.1 Å². The number of hydrogen-bond donors (Lipinski definition) is 2. The first-order chi connectivity index (χ1) is 11.9. The van der Waals surface area contributed by atoms with Crippen LogP contribution in [0.15, 0.2) is 77.7 Å². The highest BCUT2D eigenvalue weighted by Gasteiger charge is 2.22. The molecule has 4 nitrogen and oxygen atoms in total. The Balaban J connectivity index is 2.23. The van der Waals surface area contributed by atoms with Gasteiger partial charge in [0.15, 0.2) is 0 Å². The molecule has 0 aliphatic rings. The molecule has 2 N–H and O–H groups in total. The van der Waals surface area contributed by atoms with Crippen LogP contribution in [0, 0.1) is 0 Å². The topological polar surface area (TPSA) is 74.6 Å². The van der Waals surface area contributed by atoms with Crippen LogP contribution in [0.2, 0.25) is 0 Å². The molecule has 1 unspecified atom stereocenters. The van der Waals surface area contributed by atoms with Gasteiger partial charge in [-0.3, -0.25) is 4.55 Å². The van der Waals surface area contributed by atoms with Crippen molar-refractivity contribution in [2.75, 3.05) is 0 Å². The first kappa shape index (κ1) is 17.2. The van der Waals surface area contributed by atoms with Crippen LogP contribution in [0.4, 0.5) is 0 Å².